The van der Waals surface area contributed by atoms with Crippen LogP contribution >= 0.6 is 0 Å². The highest BCUT2D eigenvalue weighted by atomic mass is 16.5. The topological polar surface area (TPSA) is 38.2 Å². The Hall–Kier alpha value is -1.32. The van der Waals surface area contributed by atoms with Crippen LogP contribution in [0.2, 0.25) is 0 Å². The van der Waals surface area contributed by atoms with Crippen LogP contribution in [0.5, 0.6) is 5.88 Å². The molecule has 0 atom stereocenters. The van der Waals surface area contributed by atoms with Crippen molar-refractivity contribution in [2.75, 3.05) is 18.0 Å². The van der Waals surface area contributed by atoms with Crippen molar-refractivity contribution in [3.8, 4) is 5.88 Å². The summed E-state index contributed by atoms with van der Waals surface area (Å²) in [6.07, 6.45) is 3.52. The highest BCUT2D eigenvalue weighted by Crippen LogP contribution is 2.21. The summed E-state index contributed by atoms with van der Waals surface area (Å²) < 4.78 is 5.88. The summed E-state index contributed by atoms with van der Waals surface area (Å²) in [6, 6.07) is 1.92. The van der Waals surface area contributed by atoms with Crippen LogP contribution in [-0.4, -0.2) is 29.2 Å². The molecule has 2 heterocycles. The second-order valence-corrected chi connectivity index (χ2v) is 4.54. The van der Waals surface area contributed by atoms with Gasteiger partial charge in [-0.15, -0.1) is 0 Å². The first kappa shape index (κ1) is 12.1. The monoisotopic (exact) mass is 235 g/mol. The summed E-state index contributed by atoms with van der Waals surface area (Å²) in [5.74, 6) is 1.53. The van der Waals surface area contributed by atoms with Crippen molar-refractivity contribution < 1.29 is 4.74 Å². The van der Waals surface area contributed by atoms with E-state index in [-0.39, 0.29) is 6.10 Å². The Morgan fingerprint density at radius 2 is 2.00 bits per heavy atom. The number of rotatable bonds is 5. The molecule has 4 heteroatoms. The molecular weight excluding hydrogens is 214 g/mol. The quantitative estimate of drug-likeness (QED) is 0.786. The van der Waals surface area contributed by atoms with E-state index in [0.29, 0.717) is 5.88 Å². The summed E-state index contributed by atoms with van der Waals surface area (Å²) in [5.41, 5.74) is 0.975. The minimum atomic E-state index is 0.258. The third-order valence-corrected chi connectivity index (χ3v) is 3.16. The van der Waals surface area contributed by atoms with Crippen LogP contribution in [0.25, 0.3) is 0 Å². The Labute approximate surface area is 103 Å². The fourth-order valence-corrected chi connectivity index (χ4v) is 1.87. The lowest BCUT2D eigenvalue weighted by atomic mass is 10.2. The van der Waals surface area contributed by atoms with E-state index in [1.807, 2.05) is 13.0 Å². The lowest BCUT2D eigenvalue weighted by molar-refractivity contribution is 0.184. The Morgan fingerprint density at radius 3 is 2.53 bits per heavy atom. The van der Waals surface area contributed by atoms with E-state index in [2.05, 4.69) is 28.7 Å². The van der Waals surface area contributed by atoms with Gasteiger partial charge in [-0.05, 0) is 26.2 Å². The Kier molecular flexibility index (Phi) is 3.82. The first-order valence-electron chi connectivity index (χ1n) is 6.50. The lowest BCUT2D eigenvalue weighted by Crippen LogP contribution is -2.38. The van der Waals surface area contributed by atoms with Crippen LogP contribution in [0.4, 0.5) is 5.95 Å². The molecule has 0 unspecified atom stereocenters. The van der Waals surface area contributed by atoms with Crippen LogP contribution in [0.3, 0.4) is 0 Å². The fraction of sp³-hybridized carbons (Fsp3) is 0.692. The van der Waals surface area contributed by atoms with Crippen LogP contribution in [0.1, 0.15) is 38.8 Å². The van der Waals surface area contributed by atoms with E-state index >= 15 is 0 Å². The number of aryl methyl sites for hydroxylation is 1. The number of hydrogen-bond acceptors (Lipinski definition) is 4. The van der Waals surface area contributed by atoms with Gasteiger partial charge in [0.15, 0.2) is 0 Å². The lowest BCUT2D eigenvalue weighted by Gasteiger charge is -2.31. The van der Waals surface area contributed by atoms with Crippen molar-refractivity contribution in [2.24, 2.45) is 0 Å². The SMILES string of the molecule is CCC(CC)Oc1cc(C)nc(N2CCC2)n1. The largest absolute Gasteiger partial charge is 0.474 e. The van der Waals surface area contributed by atoms with E-state index in [1.165, 1.54) is 6.42 Å². The normalized spacial score (nSPS) is 14.9. The summed E-state index contributed by atoms with van der Waals surface area (Å²) in [5, 5.41) is 0. The number of ether oxygens (including phenoxy) is 1. The molecule has 0 N–H and O–H groups in total. The molecular formula is C13H21N3O. The Morgan fingerprint density at radius 1 is 1.29 bits per heavy atom. The third kappa shape index (κ3) is 2.87. The van der Waals surface area contributed by atoms with Crippen LogP contribution in [0.15, 0.2) is 6.07 Å². The molecule has 1 aliphatic heterocycles. The summed E-state index contributed by atoms with van der Waals surface area (Å²) in [7, 11) is 0. The standard InChI is InChI=1S/C13H21N3O/c1-4-11(5-2)17-12-9-10(3)14-13(15-12)16-7-6-8-16/h9,11H,4-8H2,1-3H3. The van der Waals surface area contributed by atoms with Crippen molar-refractivity contribution in [1.82, 2.24) is 9.97 Å². The van der Waals surface area contributed by atoms with Crippen LogP contribution < -0.4 is 9.64 Å². The second kappa shape index (κ2) is 5.34. The van der Waals surface area contributed by atoms with Crippen LogP contribution in [-0.2, 0) is 0 Å². The van der Waals surface area contributed by atoms with E-state index < -0.39 is 0 Å². The highest BCUT2D eigenvalue weighted by Gasteiger charge is 2.18. The van der Waals surface area contributed by atoms with E-state index in [4.69, 9.17) is 4.74 Å². The number of anilines is 1. The molecule has 1 saturated heterocycles. The minimum absolute atomic E-state index is 0.258. The smallest absolute Gasteiger partial charge is 0.228 e. The second-order valence-electron chi connectivity index (χ2n) is 4.54. The molecule has 0 amide bonds. The average Bonchev–Trinajstić information content (AvgIpc) is 2.22. The van der Waals surface area contributed by atoms with Gasteiger partial charge in [0.05, 0.1) is 6.10 Å². The van der Waals surface area contributed by atoms with Gasteiger partial charge in [-0.1, -0.05) is 13.8 Å². The predicted octanol–water partition coefficient (Wildman–Crippen LogP) is 2.56. The molecule has 1 aromatic rings. The average molecular weight is 235 g/mol. The Bertz CT molecular complexity index is 373. The molecule has 0 bridgehead atoms. The van der Waals surface area contributed by atoms with Gasteiger partial charge in [0, 0.05) is 24.8 Å². The van der Waals surface area contributed by atoms with E-state index in [9.17, 15) is 0 Å². The van der Waals surface area contributed by atoms with Gasteiger partial charge in [-0.2, -0.15) is 4.98 Å². The van der Waals surface area contributed by atoms with E-state index in [0.717, 1.165) is 37.6 Å². The maximum atomic E-state index is 5.88. The van der Waals surface area contributed by atoms with Gasteiger partial charge in [-0.3, -0.25) is 0 Å². The number of nitrogens with zero attached hydrogens (tertiary/aromatic N) is 3. The molecule has 0 saturated carbocycles. The van der Waals surface area contributed by atoms with Crippen molar-refractivity contribution in [3.63, 3.8) is 0 Å². The maximum absolute atomic E-state index is 5.88. The molecule has 0 aliphatic carbocycles. The Balaban J connectivity index is 2.13. The number of aromatic nitrogens is 2. The zero-order valence-electron chi connectivity index (χ0n) is 10.9. The van der Waals surface area contributed by atoms with Crippen molar-refractivity contribution in [1.29, 1.82) is 0 Å². The molecule has 17 heavy (non-hydrogen) atoms. The molecule has 94 valence electrons. The minimum Gasteiger partial charge on any atom is -0.474 e. The van der Waals surface area contributed by atoms with Crippen molar-refractivity contribution in [3.05, 3.63) is 11.8 Å². The van der Waals surface area contributed by atoms with Crippen LogP contribution in [0, 0.1) is 6.92 Å². The predicted molar refractivity (Wildman–Crippen MR) is 68.6 cm³/mol. The molecule has 2 rings (SSSR count). The zero-order chi connectivity index (χ0) is 12.3. The summed E-state index contributed by atoms with van der Waals surface area (Å²) in [6.45, 7) is 8.39. The first-order chi connectivity index (χ1) is 8.22. The maximum Gasteiger partial charge on any atom is 0.228 e. The molecule has 4 nitrogen and oxygen atoms in total. The third-order valence-electron chi connectivity index (χ3n) is 3.16. The van der Waals surface area contributed by atoms with Gasteiger partial charge in [-0.25, -0.2) is 4.98 Å². The molecule has 1 fully saturated rings. The number of hydrogen-bond donors (Lipinski definition) is 0. The van der Waals surface area contributed by atoms with Crippen molar-refractivity contribution in [2.45, 2.75) is 46.1 Å². The summed E-state index contributed by atoms with van der Waals surface area (Å²) >= 11 is 0. The molecule has 1 aromatic heterocycles. The summed E-state index contributed by atoms with van der Waals surface area (Å²) in [4.78, 5) is 11.1. The van der Waals surface area contributed by atoms with Gasteiger partial charge >= 0.3 is 0 Å². The molecule has 0 radical (unpaired) electrons. The van der Waals surface area contributed by atoms with Gasteiger partial charge in [0.2, 0.25) is 11.8 Å². The first-order valence-corrected chi connectivity index (χ1v) is 6.50. The van der Waals surface area contributed by atoms with Gasteiger partial charge in [0.1, 0.15) is 0 Å². The van der Waals surface area contributed by atoms with E-state index in [1.54, 1.807) is 0 Å². The molecule has 1 aliphatic rings. The fourth-order valence-electron chi connectivity index (χ4n) is 1.87. The van der Waals surface area contributed by atoms with Gasteiger partial charge < -0.3 is 9.64 Å². The van der Waals surface area contributed by atoms with Crippen molar-refractivity contribution >= 4 is 5.95 Å². The van der Waals surface area contributed by atoms with Gasteiger partial charge in [0.25, 0.3) is 0 Å². The molecule has 0 spiro atoms. The molecule has 0 aromatic carbocycles. The zero-order valence-corrected chi connectivity index (χ0v) is 10.9. The highest BCUT2D eigenvalue weighted by molar-refractivity contribution is 5.36.